The molecule has 0 aliphatic carbocycles. The van der Waals surface area contributed by atoms with E-state index in [0.29, 0.717) is 13.2 Å². The Balaban J connectivity index is 1.88. The summed E-state index contributed by atoms with van der Waals surface area (Å²) in [5, 5.41) is 8.40. The average molecular weight is 383 g/mol. The summed E-state index contributed by atoms with van der Waals surface area (Å²) >= 11 is 0. The number of hydrogen-bond donors (Lipinski definition) is 0. The molecule has 2 aromatic rings. The molecule has 0 saturated carbocycles. The molecule has 0 N–H and O–H groups in total. The highest BCUT2D eigenvalue weighted by Gasteiger charge is 2.20. The predicted molar refractivity (Wildman–Crippen MR) is 113 cm³/mol. The van der Waals surface area contributed by atoms with Crippen molar-refractivity contribution in [2.24, 2.45) is 15.7 Å². The van der Waals surface area contributed by atoms with Crippen molar-refractivity contribution in [1.82, 2.24) is 9.97 Å². The molecule has 2 heterocycles. The van der Waals surface area contributed by atoms with Crippen LogP contribution in [0.4, 0.5) is 0 Å². The highest BCUT2D eigenvalue weighted by molar-refractivity contribution is 5.97. The van der Waals surface area contributed by atoms with Crippen molar-refractivity contribution in [3.05, 3.63) is 58.7 Å². The lowest BCUT2D eigenvalue weighted by molar-refractivity contribution is -0.00000534. The molecule has 0 aromatic carbocycles. The molecule has 0 aliphatic heterocycles. The van der Waals surface area contributed by atoms with Gasteiger partial charge < -0.3 is 9.68 Å². The van der Waals surface area contributed by atoms with Crippen LogP contribution in [0.25, 0.3) is 0 Å². The van der Waals surface area contributed by atoms with Crippen LogP contribution in [0.1, 0.15) is 56.0 Å². The lowest BCUT2D eigenvalue weighted by Gasteiger charge is -2.21. The number of nitrogens with zero attached hydrogens (tertiary/aromatic N) is 4. The lowest BCUT2D eigenvalue weighted by Crippen LogP contribution is -2.24. The third-order valence-electron chi connectivity index (χ3n) is 4.04. The first-order valence-electron chi connectivity index (χ1n) is 9.39. The van der Waals surface area contributed by atoms with Gasteiger partial charge in [0.15, 0.2) is 0 Å². The molecule has 0 amide bonds. The zero-order chi connectivity index (χ0) is 20.7. The molecule has 0 atom stereocenters. The lowest BCUT2D eigenvalue weighted by atomic mass is 9.97. The molecule has 150 valence electrons. The molecular formula is C22H30N4O2. The third kappa shape index (κ3) is 6.76. The Labute approximate surface area is 167 Å². The normalized spacial score (nSPS) is 12.8. The van der Waals surface area contributed by atoms with Gasteiger partial charge in [0.1, 0.15) is 24.6 Å². The minimum Gasteiger partial charge on any atom is -0.395 e. The van der Waals surface area contributed by atoms with Crippen molar-refractivity contribution in [1.29, 1.82) is 0 Å². The van der Waals surface area contributed by atoms with Crippen LogP contribution >= 0.6 is 0 Å². The topological polar surface area (TPSA) is 69.0 Å². The molecule has 0 bridgehead atoms. The predicted octanol–water partition coefficient (Wildman–Crippen LogP) is 4.61. The first-order chi connectivity index (χ1) is 13.2. The van der Waals surface area contributed by atoms with Crippen LogP contribution in [0.5, 0.6) is 0 Å². The third-order valence-corrected chi connectivity index (χ3v) is 4.04. The number of aromatic nitrogens is 2. The fraction of sp³-hybridized carbons (Fsp3) is 0.455. The molecule has 0 unspecified atom stereocenters. The van der Waals surface area contributed by atoms with E-state index in [0.717, 1.165) is 39.8 Å². The Morgan fingerprint density at radius 3 is 2.00 bits per heavy atom. The van der Waals surface area contributed by atoms with E-state index in [1.54, 1.807) is 0 Å². The Kier molecular flexibility index (Phi) is 7.26. The number of pyridine rings is 2. The van der Waals surface area contributed by atoms with Crippen LogP contribution in [0.3, 0.4) is 0 Å². The van der Waals surface area contributed by atoms with Crippen LogP contribution in [-0.4, -0.2) is 34.6 Å². The van der Waals surface area contributed by atoms with E-state index in [1.807, 2.05) is 78.8 Å². The Morgan fingerprint density at radius 1 is 0.857 bits per heavy atom. The highest BCUT2D eigenvalue weighted by atomic mass is 16.6. The van der Waals surface area contributed by atoms with Gasteiger partial charge in [0.05, 0.1) is 11.4 Å². The number of rotatable bonds is 8. The molecule has 28 heavy (non-hydrogen) atoms. The van der Waals surface area contributed by atoms with Gasteiger partial charge in [-0.15, -0.1) is 0 Å². The molecule has 0 saturated heterocycles. The standard InChI is InChI=1S/C22H30N4O2/c1-15-11-17(3)24-21(12-15)19(5)26-28-14-22(6,7)13-27-25-18(4)20-10-8-9-16(2)23-20/h8-12H,13-14H2,1-7H3/b25-18+,26-19?. The molecule has 6 nitrogen and oxygen atoms in total. The summed E-state index contributed by atoms with van der Waals surface area (Å²) in [6.45, 7) is 14.7. The molecule has 6 heteroatoms. The van der Waals surface area contributed by atoms with E-state index >= 15 is 0 Å². The van der Waals surface area contributed by atoms with Gasteiger partial charge in [0.2, 0.25) is 0 Å². The maximum absolute atomic E-state index is 5.56. The zero-order valence-electron chi connectivity index (χ0n) is 17.9. The van der Waals surface area contributed by atoms with Gasteiger partial charge in [-0.1, -0.05) is 30.2 Å². The summed E-state index contributed by atoms with van der Waals surface area (Å²) in [4.78, 5) is 20.0. The van der Waals surface area contributed by atoms with E-state index < -0.39 is 0 Å². The Hall–Kier alpha value is -2.76. The van der Waals surface area contributed by atoms with Crippen LogP contribution < -0.4 is 0 Å². The van der Waals surface area contributed by atoms with Crippen molar-refractivity contribution < 1.29 is 9.68 Å². The Morgan fingerprint density at radius 2 is 1.43 bits per heavy atom. The number of oxime groups is 2. The molecule has 2 aromatic heterocycles. The summed E-state index contributed by atoms with van der Waals surface area (Å²) in [5.41, 5.74) is 5.97. The molecular weight excluding hydrogens is 352 g/mol. The molecule has 0 radical (unpaired) electrons. The first-order valence-corrected chi connectivity index (χ1v) is 9.39. The van der Waals surface area contributed by atoms with Gasteiger partial charge in [-0.2, -0.15) is 0 Å². The fourth-order valence-electron chi connectivity index (χ4n) is 2.51. The van der Waals surface area contributed by atoms with Crippen LogP contribution in [0.2, 0.25) is 0 Å². The minimum atomic E-state index is -0.246. The van der Waals surface area contributed by atoms with Crippen molar-refractivity contribution in [3.63, 3.8) is 0 Å². The molecule has 0 fully saturated rings. The summed E-state index contributed by atoms with van der Waals surface area (Å²) < 4.78 is 0. The quantitative estimate of drug-likeness (QED) is 0.494. The van der Waals surface area contributed by atoms with E-state index in [1.165, 1.54) is 0 Å². The summed E-state index contributed by atoms with van der Waals surface area (Å²) in [7, 11) is 0. The minimum absolute atomic E-state index is 0.246. The second-order valence-corrected chi connectivity index (χ2v) is 7.90. The maximum atomic E-state index is 5.56. The number of hydrogen-bond acceptors (Lipinski definition) is 6. The van der Waals surface area contributed by atoms with E-state index in [2.05, 4.69) is 20.3 Å². The van der Waals surface area contributed by atoms with Crippen LogP contribution in [-0.2, 0) is 9.68 Å². The first kappa shape index (κ1) is 21.5. The van der Waals surface area contributed by atoms with E-state index in [4.69, 9.17) is 9.68 Å². The van der Waals surface area contributed by atoms with Gasteiger partial charge in [-0.05, 0) is 64.4 Å². The average Bonchev–Trinajstić information content (AvgIpc) is 2.60. The second-order valence-electron chi connectivity index (χ2n) is 7.90. The fourth-order valence-corrected chi connectivity index (χ4v) is 2.51. The van der Waals surface area contributed by atoms with E-state index in [-0.39, 0.29) is 5.41 Å². The SMILES string of the molecule is CC(=NOCC(C)(C)CO/N=C(\C)c1cccc(C)n1)c1cc(C)cc(C)n1. The van der Waals surface area contributed by atoms with Gasteiger partial charge in [-0.3, -0.25) is 9.97 Å². The van der Waals surface area contributed by atoms with Gasteiger partial charge in [0.25, 0.3) is 0 Å². The van der Waals surface area contributed by atoms with Crippen molar-refractivity contribution in [2.75, 3.05) is 13.2 Å². The second kappa shape index (κ2) is 9.44. The maximum Gasteiger partial charge on any atom is 0.125 e. The van der Waals surface area contributed by atoms with E-state index in [9.17, 15) is 0 Å². The largest absolute Gasteiger partial charge is 0.395 e. The van der Waals surface area contributed by atoms with Crippen molar-refractivity contribution >= 4 is 11.4 Å². The summed E-state index contributed by atoms with van der Waals surface area (Å²) in [6, 6.07) is 9.86. The van der Waals surface area contributed by atoms with Crippen LogP contribution in [0, 0.1) is 26.2 Å². The smallest absolute Gasteiger partial charge is 0.125 e. The van der Waals surface area contributed by atoms with Crippen LogP contribution in [0.15, 0.2) is 40.6 Å². The summed E-state index contributed by atoms with van der Waals surface area (Å²) in [5.74, 6) is 0. The molecule has 2 rings (SSSR count). The zero-order valence-corrected chi connectivity index (χ0v) is 17.9. The monoisotopic (exact) mass is 382 g/mol. The summed E-state index contributed by atoms with van der Waals surface area (Å²) in [6.07, 6.45) is 0. The van der Waals surface area contributed by atoms with Gasteiger partial charge in [0, 0.05) is 16.8 Å². The highest BCUT2D eigenvalue weighted by Crippen LogP contribution is 2.17. The van der Waals surface area contributed by atoms with Gasteiger partial charge >= 0.3 is 0 Å². The van der Waals surface area contributed by atoms with Crippen molar-refractivity contribution in [3.8, 4) is 0 Å². The van der Waals surface area contributed by atoms with Gasteiger partial charge in [-0.25, -0.2) is 0 Å². The van der Waals surface area contributed by atoms with Crippen molar-refractivity contribution in [2.45, 2.75) is 48.5 Å². The molecule has 0 spiro atoms. The Bertz CT molecular complexity index is 852. The molecule has 0 aliphatic rings. The number of aryl methyl sites for hydroxylation is 3.